The molecule has 0 aliphatic carbocycles. The van der Waals surface area contributed by atoms with E-state index in [2.05, 4.69) is 10.1 Å². The van der Waals surface area contributed by atoms with Crippen molar-refractivity contribution in [3.05, 3.63) is 71.3 Å². The van der Waals surface area contributed by atoms with Gasteiger partial charge >= 0.3 is 12.1 Å². The molecule has 2 aromatic carbocycles. The maximum atomic E-state index is 13.2. The van der Waals surface area contributed by atoms with E-state index in [1.54, 1.807) is 30.3 Å². The molecule has 150 valence electrons. The Balaban J connectivity index is 2.26. The van der Waals surface area contributed by atoms with Crippen molar-refractivity contribution in [1.29, 1.82) is 0 Å². The van der Waals surface area contributed by atoms with Gasteiger partial charge in [0, 0.05) is 13.5 Å². The van der Waals surface area contributed by atoms with Crippen molar-refractivity contribution in [1.82, 2.24) is 5.32 Å². The van der Waals surface area contributed by atoms with Gasteiger partial charge in [-0.3, -0.25) is 4.79 Å². The number of carbonyl (C=O) groups is 2. The van der Waals surface area contributed by atoms with Gasteiger partial charge in [0.05, 0.1) is 12.7 Å². The van der Waals surface area contributed by atoms with Crippen LogP contribution in [-0.2, 0) is 31.7 Å². The second kappa shape index (κ2) is 9.36. The first-order valence-corrected chi connectivity index (χ1v) is 8.39. The van der Waals surface area contributed by atoms with E-state index >= 15 is 0 Å². The highest BCUT2D eigenvalue weighted by atomic mass is 19.4. The Kier molecular flexibility index (Phi) is 7.17. The van der Waals surface area contributed by atoms with Crippen molar-refractivity contribution < 1.29 is 32.2 Å². The Bertz CT molecular complexity index is 809. The number of esters is 1. The lowest BCUT2D eigenvalue weighted by molar-refractivity contribution is -0.147. The molecule has 0 fully saturated rings. The third kappa shape index (κ3) is 5.32. The molecule has 0 aliphatic heterocycles. The summed E-state index contributed by atoms with van der Waals surface area (Å²) in [6, 6.07) is 12.1. The molecule has 8 heteroatoms. The first-order chi connectivity index (χ1) is 13.3. The minimum absolute atomic E-state index is 0.126. The Morgan fingerprint density at radius 2 is 1.61 bits per heavy atom. The Hall–Kier alpha value is -2.87. The topological polar surface area (TPSA) is 64.6 Å². The van der Waals surface area contributed by atoms with Gasteiger partial charge in [0.15, 0.2) is 6.10 Å². The smallest absolute Gasteiger partial charge is 0.416 e. The van der Waals surface area contributed by atoms with E-state index < -0.39 is 35.8 Å². The van der Waals surface area contributed by atoms with Gasteiger partial charge in [-0.1, -0.05) is 48.5 Å². The normalized spacial score (nSPS) is 13.5. The number of rotatable bonds is 7. The summed E-state index contributed by atoms with van der Waals surface area (Å²) in [4.78, 5) is 24.7. The number of carbonyl (C=O) groups excluding carboxylic acids is 2. The van der Waals surface area contributed by atoms with Gasteiger partial charge in [0.1, 0.15) is 6.04 Å². The molecule has 0 aliphatic rings. The van der Waals surface area contributed by atoms with Crippen LogP contribution in [0.1, 0.15) is 22.8 Å². The number of nitrogens with one attached hydrogen (secondary N) is 1. The van der Waals surface area contributed by atoms with Gasteiger partial charge in [-0.2, -0.15) is 13.2 Å². The molecule has 0 unspecified atom stereocenters. The van der Waals surface area contributed by atoms with E-state index in [9.17, 15) is 22.8 Å². The van der Waals surface area contributed by atoms with E-state index in [0.29, 0.717) is 5.56 Å². The van der Waals surface area contributed by atoms with E-state index in [-0.39, 0.29) is 12.0 Å². The zero-order valence-corrected chi connectivity index (χ0v) is 15.3. The zero-order valence-electron chi connectivity index (χ0n) is 15.3. The van der Waals surface area contributed by atoms with Gasteiger partial charge in [0.2, 0.25) is 0 Å². The summed E-state index contributed by atoms with van der Waals surface area (Å²) in [5.74, 6) is -1.51. The largest absolute Gasteiger partial charge is 0.467 e. The predicted octanol–water partition coefficient (Wildman–Crippen LogP) is 3.29. The summed E-state index contributed by atoms with van der Waals surface area (Å²) in [6.07, 6.45) is -5.98. The van der Waals surface area contributed by atoms with E-state index in [0.717, 1.165) is 13.2 Å². The molecular weight excluding hydrogens is 375 g/mol. The quantitative estimate of drug-likeness (QED) is 0.731. The average molecular weight is 395 g/mol. The number of halogens is 3. The van der Waals surface area contributed by atoms with Crippen molar-refractivity contribution >= 4 is 11.9 Å². The van der Waals surface area contributed by atoms with E-state index in [4.69, 9.17) is 4.74 Å². The molecule has 1 N–H and O–H groups in total. The maximum absolute atomic E-state index is 13.2. The van der Waals surface area contributed by atoms with Crippen molar-refractivity contribution in [2.24, 2.45) is 0 Å². The molecule has 2 aromatic rings. The molecule has 0 heterocycles. The minimum atomic E-state index is -4.58. The molecule has 5 nitrogen and oxygen atoms in total. The van der Waals surface area contributed by atoms with Gasteiger partial charge in [-0.05, 0) is 17.2 Å². The molecule has 0 aromatic heterocycles. The highest BCUT2D eigenvalue weighted by Gasteiger charge is 2.35. The summed E-state index contributed by atoms with van der Waals surface area (Å²) in [6.45, 7) is 0. The SMILES string of the molecule is COC(=O)[C@H](Cc1ccccc1C(F)(F)F)NC(=O)[C@H](OC)c1ccccc1. The molecular formula is C20H20F3NO4. The molecule has 2 rings (SSSR count). The van der Waals surface area contributed by atoms with Gasteiger partial charge < -0.3 is 14.8 Å². The van der Waals surface area contributed by atoms with Gasteiger partial charge in [-0.15, -0.1) is 0 Å². The highest BCUT2D eigenvalue weighted by molar-refractivity contribution is 5.88. The Labute approximate surface area is 160 Å². The lowest BCUT2D eigenvalue weighted by Crippen LogP contribution is -2.45. The van der Waals surface area contributed by atoms with Crippen LogP contribution in [0, 0.1) is 0 Å². The van der Waals surface area contributed by atoms with Crippen molar-refractivity contribution in [3.63, 3.8) is 0 Å². The van der Waals surface area contributed by atoms with Crippen LogP contribution in [0.4, 0.5) is 13.2 Å². The lowest BCUT2D eigenvalue weighted by Gasteiger charge is -2.22. The first kappa shape index (κ1) is 21.4. The fourth-order valence-electron chi connectivity index (χ4n) is 2.80. The van der Waals surface area contributed by atoms with Crippen LogP contribution in [0.15, 0.2) is 54.6 Å². The molecule has 0 bridgehead atoms. The van der Waals surface area contributed by atoms with E-state index in [1.165, 1.54) is 25.3 Å². The van der Waals surface area contributed by atoms with Gasteiger partial charge in [0.25, 0.3) is 5.91 Å². The van der Waals surface area contributed by atoms with Gasteiger partial charge in [-0.25, -0.2) is 4.79 Å². The van der Waals surface area contributed by atoms with Crippen molar-refractivity contribution in [3.8, 4) is 0 Å². The third-order valence-corrected chi connectivity index (χ3v) is 4.13. The number of hydrogen-bond acceptors (Lipinski definition) is 4. The molecule has 28 heavy (non-hydrogen) atoms. The molecule has 0 saturated carbocycles. The first-order valence-electron chi connectivity index (χ1n) is 8.39. The average Bonchev–Trinajstić information content (AvgIpc) is 2.68. The van der Waals surface area contributed by atoms with Crippen LogP contribution in [0.2, 0.25) is 0 Å². The maximum Gasteiger partial charge on any atom is 0.416 e. The minimum Gasteiger partial charge on any atom is -0.467 e. The lowest BCUT2D eigenvalue weighted by atomic mass is 9.99. The summed E-state index contributed by atoms with van der Waals surface area (Å²) >= 11 is 0. The molecule has 1 amide bonds. The fourth-order valence-corrected chi connectivity index (χ4v) is 2.80. The second-order valence-corrected chi connectivity index (χ2v) is 5.97. The van der Waals surface area contributed by atoms with E-state index in [1.807, 2.05) is 0 Å². The summed E-state index contributed by atoms with van der Waals surface area (Å²) in [5, 5.41) is 2.44. The van der Waals surface area contributed by atoms with Crippen molar-refractivity contribution in [2.45, 2.75) is 24.7 Å². The number of alkyl halides is 3. The third-order valence-electron chi connectivity index (χ3n) is 4.13. The number of ether oxygens (including phenoxy) is 2. The van der Waals surface area contributed by atoms with Crippen LogP contribution in [0.5, 0.6) is 0 Å². The monoisotopic (exact) mass is 395 g/mol. The summed E-state index contributed by atoms with van der Waals surface area (Å²) in [5.41, 5.74) is -0.453. The predicted molar refractivity (Wildman–Crippen MR) is 95.3 cm³/mol. The standard InChI is InChI=1S/C20H20F3NO4/c1-27-17(13-8-4-3-5-9-13)18(25)24-16(19(26)28-2)12-14-10-6-7-11-15(14)20(21,22)23/h3-11,16-17H,12H2,1-2H3,(H,24,25)/t16-,17+/m0/s1. The number of amides is 1. The van der Waals surface area contributed by atoms with Crippen LogP contribution in [-0.4, -0.2) is 32.1 Å². The van der Waals surface area contributed by atoms with Crippen LogP contribution in [0.25, 0.3) is 0 Å². The van der Waals surface area contributed by atoms with Crippen LogP contribution in [0.3, 0.4) is 0 Å². The van der Waals surface area contributed by atoms with Crippen LogP contribution < -0.4 is 5.32 Å². The fraction of sp³-hybridized carbons (Fsp3) is 0.300. The Morgan fingerprint density at radius 3 is 2.18 bits per heavy atom. The molecule has 0 spiro atoms. The number of hydrogen-bond donors (Lipinski definition) is 1. The molecule has 0 radical (unpaired) electrons. The summed E-state index contributed by atoms with van der Waals surface area (Å²) in [7, 11) is 2.42. The molecule has 0 saturated heterocycles. The number of methoxy groups -OCH3 is 2. The Morgan fingerprint density at radius 1 is 1.00 bits per heavy atom. The molecule has 2 atom stereocenters. The number of benzene rings is 2. The van der Waals surface area contributed by atoms with Crippen LogP contribution >= 0.6 is 0 Å². The summed E-state index contributed by atoms with van der Waals surface area (Å²) < 4.78 is 49.5. The zero-order chi connectivity index (χ0) is 20.7. The second-order valence-electron chi connectivity index (χ2n) is 5.97. The highest BCUT2D eigenvalue weighted by Crippen LogP contribution is 2.32. The van der Waals surface area contributed by atoms with Crippen molar-refractivity contribution in [2.75, 3.05) is 14.2 Å².